The Kier molecular flexibility index (Phi) is 8.88. The lowest BCUT2D eigenvalue weighted by atomic mass is 9.85. The zero-order chi connectivity index (χ0) is 32.4. The van der Waals surface area contributed by atoms with E-state index in [4.69, 9.17) is 5.11 Å². The average molecular weight is 630 g/mol. The number of carbonyl (C=O) groups excluding carboxylic acids is 1. The van der Waals surface area contributed by atoms with E-state index in [1.165, 1.54) is 0 Å². The Morgan fingerprint density at radius 3 is 1.03 bits per heavy atom. The molecule has 0 rings (SSSR count). The minimum atomic E-state index is -9.19. The van der Waals surface area contributed by atoms with Crippen molar-refractivity contribution in [2.45, 2.75) is 79.4 Å². The van der Waals surface area contributed by atoms with Gasteiger partial charge >= 0.3 is 65.2 Å². The molecule has 3 nitrogen and oxygen atoms in total. The summed E-state index contributed by atoms with van der Waals surface area (Å²) in [5.41, 5.74) is -1.12. The highest BCUT2D eigenvalue weighted by Gasteiger charge is 2.97. The molecule has 232 valence electrons. The Morgan fingerprint density at radius 1 is 0.564 bits per heavy atom. The maximum absolute atomic E-state index is 13.7. The molecule has 23 heteroatoms. The first kappa shape index (κ1) is 36.8. The van der Waals surface area contributed by atoms with Crippen LogP contribution in [-0.4, -0.2) is 76.6 Å². The molecule has 0 aliphatic carbocycles. The van der Waals surface area contributed by atoms with Crippen molar-refractivity contribution in [3.8, 4) is 0 Å². The summed E-state index contributed by atoms with van der Waals surface area (Å²) in [5.74, 6) is -86.4. The predicted molar refractivity (Wildman–Crippen MR) is 82.1 cm³/mol. The molecule has 0 aromatic rings. The van der Waals surface area contributed by atoms with E-state index in [-0.39, 0.29) is 0 Å². The second-order valence-corrected chi connectivity index (χ2v) is 7.64. The van der Waals surface area contributed by atoms with Gasteiger partial charge in [-0.25, -0.2) is 4.79 Å². The number of alkyl halides is 20. The number of esters is 1. The Hall–Kier alpha value is -2.23. The van der Waals surface area contributed by atoms with Gasteiger partial charge in [0, 0.05) is 12.5 Å². The van der Waals surface area contributed by atoms with Gasteiger partial charge in [0.1, 0.15) is 0 Å². The summed E-state index contributed by atoms with van der Waals surface area (Å²) in [5, 5.41) is 8.72. The zero-order valence-electron chi connectivity index (χ0n) is 18.1. The summed E-state index contributed by atoms with van der Waals surface area (Å²) in [6.07, 6.45) is -5.04. The van der Waals surface area contributed by atoms with Crippen LogP contribution >= 0.6 is 0 Å². The molecule has 0 saturated carbocycles. The van der Waals surface area contributed by atoms with E-state index in [1.54, 1.807) is 0 Å². The molecule has 0 fully saturated rings. The highest BCUT2D eigenvalue weighted by Crippen LogP contribution is 2.66. The van der Waals surface area contributed by atoms with Crippen molar-refractivity contribution >= 4 is 5.97 Å². The molecule has 1 unspecified atom stereocenters. The minimum Gasteiger partial charge on any atom is -0.426 e. The van der Waals surface area contributed by atoms with E-state index in [2.05, 4.69) is 11.3 Å². The van der Waals surface area contributed by atoms with Crippen molar-refractivity contribution in [2.24, 2.45) is 0 Å². The van der Waals surface area contributed by atoms with Gasteiger partial charge in [-0.1, -0.05) is 6.58 Å². The number of ether oxygens (including phenoxy) is 1. The summed E-state index contributed by atoms with van der Waals surface area (Å²) in [6, 6.07) is 0. The molecule has 0 aromatic heterocycles. The summed E-state index contributed by atoms with van der Waals surface area (Å²) in [4.78, 5) is 10.9. The molecule has 1 atom stereocenters. The molecule has 0 aliphatic heterocycles. The Morgan fingerprint density at radius 2 is 0.795 bits per heavy atom. The number of hydrogen-bond acceptors (Lipinski definition) is 3. The topological polar surface area (TPSA) is 46.5 Å². The first-order valence-corrected chi connectivity index (χ1v) is 8.82. The molecular weight excluding hydrogens is 620 g/mol. The van der Waals surface area contributed by atoms with Crippen LogP contribution in [0.25, 0.3) is 0 Å². The van der Waals surface area contributed by atoms with Crippen molar-refractivity contribution in [1.82, 2.24) is 0 Å². The Labute approximate surface area is 201 Å². The van der Waals surface area contributed by atoms with Gasteiger partial charge in [0.2, 0.25) is 0 Å². The third-order valence-corrected chi connectivity index (χ3v) is 4.61. The van der Waals surface area contributed by atoms with Crippen LogP contribution in [-0.2, 0) is 9.53 Å². The number of aliphatic hydroxyl groups is 1. The highest BCUT2D eigenvalue weighted by atomic mass is 19.4. The smallest absolute Gasteiger partial charge is 0.385 e. The Bertz CT molecular complexity index is 947. The molecule has 0 aliphatic rings. The number of halogens is 20. The van der Waals surface area contributed by atoms with Crippen molar-refractivity contribution < 1.29 is 102 Å². The first-order valence-electron chi connectivity index (χ1n) is 8.82. The number of hydrogen-bond donors (Lipinski definition) is 1. The molecule has 39 heavy (non-hydrogen) atoms. The first-order chi connectivity index (χ1) is 16.5. The Balaban J connectivity index is 7.05. The fourth-order valence-corrected chi connectivity index (χ4v) is 2.10. The van der Waals surface area contributed by atoms with Gasteiger partial charge in [0.15, 0.2) is 0 Å². The molecule has 0 heterocycles. The van der Waals surface area contributed by atoms with Crippen LogP contribution in [0.4, 0.5) is 87.8 Å². The van der Waals surface area contributed by atoms with Gasteiger partial charge in [-0.05, 0) is 6.92 Å². The van der Waals surface area contributed by atoms with Gasteiger partial charge in [0.05, 0.1) is 0 Å². The fourth-order valence-electron chi connectivity index (χ4n) is 2.10. The minimum absolute atomic E-state index is 0.491. The zero-order valence-corrected chi connectivity index (χ0v) is 18.1. The van der Waals surface area contributed by atoms with Crippen LogP contribution < -0.4 is 0 Å². The predicted octanol–water partition coefficient (Wildman–Crippen LogP) is 6.80. The molecule has 1 N–H and O–H groups in total. The van der Waals surface area contributed by atoms with Crippen LogP contribution in [0.15, 0.2) is 12.2 Å². The van der Waals surface area contributed by atoms with Crippen LogP contribution in [0.5, 0.6) is 0 Å². The second-order valence-electron chi connectivity index (χ2n) is 7.64. The van der Waals surface area contributed by atoms with Crippen molar-refractivity contribution in [3.05, 3.63) is 12.2 Å². The molecule has 0 amide bonds. The number of rotatable bonds is 12. The van der Waals surface area contributed by atoms with Crippen LogP contribution in [0.1, 0.15) is 13.8 Å². The summed E-state index contributed by atoms with van der Waals surface area (Å²) in [7, 11) is 0. The lowest BCUT2D eigenvalue weighted by Crippen LogP contribution is -2.77. The second kappa shape index (κ2) is 9.42. The normalized spacial score (nSPS) is 16.7. The standard InChI is InChI=1S/C16H10F20O3/c1-4(2)5(37)39-6(38)8(19,20)10(23,24)12(27,28)14(31,32)16(35,36)15(33,34)13(29,30)11(25,26)9(21,22)7(3,17)18/h6,38H,1H2,2-3H3. The van der Waals surface area contributed by atoms with Gasteiger partial charge < -0.3 is 9.84 Å². The van der Waals surface area contributed by atoms with Crippen LogP contribution in [0, 0.1) is 0 Å². The van der Waals surface area contributed by atoms with Crippen molar-refractivity contribution in [3.63, 3.8) is 0 Å². The molecule has 0 saturated heterocycles. The third kappa shape index (κ3) is 4.74. The quantitative estimate of drug-likeness (QED) is 0.112. The number of carbonyl (C=O) groups is 1. The maximum atomic E-state index is 13.7. The summed E-state index contributed by atoms with van der Waals surface area (Å²) < 4.78 is 272. The lowest BCUT2D eigenvalue weighted by Gasteiger charge is -2.45. The highest BCUT2D eigenvalue weighted by molar-refractivity contribution is 5.87. The molecular formula is C16H10F20O3. The van der Waals surface area contributed by atoms with Gasteiger partial charge in [-0.2, -0.15) is 87.8 Å². The van der Waals surface area contributed by atoms with E-state index < -0.39 is 84.0 Å². The van der Waals surface area contributed by atoms with E-state index in [0.29, 0.717) is 6.92 Å². The largest absolute Gasteiger partial charge is 0.426 e. The average Bonchev–Trinajstić information content (AvgIpc) is 2.71. The van der Waals surface area contributed by atoms with Gasteiger partial charge in [0.25, 0.3) is 6.29 Å². The van der Waals surface area contributed by atoms with Crippen LogP contribution in [0.3, 0.4) is 0 Å². The van der Waals surface area contributed by atoms with Gasteiger partial charge in [-0.3, -0.25) is 0 Å². The fraction of sp³-hybridized carbons (Fsp3) is 0.812. The van der Waals surface area contributed by atoms with E-state index in [9.17, 15) is 92.6 Å². The van der Waals surface area contributed by atoms with E-state index in [1.807, 2.05) is 0 Å². The van der Waals surface area contributed by atoms with Crippen LogP contribution in [0.2, 0.25) is 0 Å². The molecule has 0 bridgehead atoms. The van der Waals surface area contributed by atoms with E-state index >= 15 is 0 Å². The van der Waals surface area contributed by atoms with Crippen molar-refractivity contribution in [2.75, 3.05) is 0 Å². The maximum Gasteiger partial charge on any atom is 0.385 e. The number of aliphatic hydroxyl groups excluding tert-OH is 1. The lowest BCUT2D eigenvalue weighted by molar-refractivity contribution is -0.472. The monoisotopic (exact) mass is 630 g/mol. The molecule has 0 radical (unpaired) electrons. The van der Waals surface area contributed by atoms with Crippen molar-refractivity contribution in [1.29, 1.82) is 0 Å². The summed E-state index contributed by atoms with van der Waals surface area (Å²) >= 11 is 0. The van der Waals surface area contributed by atoms with E-state index in [0.717, 1.165) is 0 Å². The molecule has 0 aromatic carbocycles. The molecule has 0 spiro atoms. The van der Waals surface area contributed by atoms with Gasteiger partial charge in [-0.15, -0.1) is 0 Å². The SMILES string of the molecule is C=C(C)C(=O)OC(O)C(F)(F)C(F)(F)C(F)(F)C(F)(F)C(F)(F)C(F)(F)C(F)(F)C(F)(F)C(F)(F)C(C)(F)F. The summed E-state index contributed by atoms with van der Waals surface area (Å²) in [6.45, 7) is 1.65. The third-order valence-electron chi connectivity index (χ3n) is 4.61.